The average Bonchev–Trinajstić information content (AvgIpc) is 3.21. The van der Waals surface area contributed by atoms with E-state index < -0.39 is 11.7 Å². The number of aliphatic hydroxyl groups is 1. The molecule has 186 valence electrons. The fourth-order valence-electron chi connectivity index (χ4n) is 5.48. The molecule has 0 bridgehead atoms. The van der Waals surface area contributed by atoms with E-state index >= 15 is 0 Å². The Labute approximate surface area is 206 Å². The van der Waals surface area contributed by atoms with Gasteiger partial charge < -0.3 is 14.7 Å². The second-order valence-corrected chi connectivity index (χ2v) is 10.9. The molecule has 0 aliphatic carbocycles. The second-order valence-electron chi connectivity index (χ2n) is 10.9. The van der Waals surface area contributed by atoms with Gasteiger partial charge in [0, 0.05) is 25.0 Å². The summed E-state index contributed by atoms with van der Waals surface area (Å²) < 4.78 is 5.64. The molecule has 4 rings (SSSR count). The van der Waals surface area contributed by atoms with Crippen molar-refractivity contribution in [3.8, 4) is 0 Å². The highest BCUT2D eigenvalue weighted by atomic mass is 16.6. The largest absolute Gasteiger partial charge is 0.444 e. The zero-order chi connectivity index (χ0) is 24.9. The van der Waals surface area contributed by atoms with Crippen LogP contribution in [0.25, 0.3) is 0 Å². The molecule has 0 radical (unpaired) electrons. The Morgan fingerprint density at radius 3 is 2.53 bits per heavy atom. The van der Waals surface area contributed by atoms with Crippen LogP contribution in [0.15, 0.2) is 54.0 Å². The van der Waals surface area contributed by atoms with E-state index in [1.165, 1.54) is 11.1 Å². The van der Waals surface area contributed by atoms with Gasteiger partial charge in [-0.1, -0.05) is 69.5 Å². The van der Waals surface area contributed by atoms with Crippen molar-refractivity contribution in [1.29, 1.82) is 0 Å². The third-order valence-corrected chi connectivity index (χ3v) is 7.04. The first kappa shape index (κ1) is 26.6. The van der Waals surface area contributed by atoms with Gasteiger partial charge >= 0.3 is 6.09 Å². The van der Waals surface area contributed by atoms with Gasteiger partial charge in [-0.3, -0.25) is 4.90 Å². The Morgan fingerprint density at radius 2 is 1.88 bits per heavy atom. The van der Waals surface area contributed by atoms with Gasteiger partial charge in [0.25, 0.3) is 0 Å². The molecule has 1 N–H and O–H groups in total. The highest BCUT2D eigenvalue weighted by Gasteiger charge is 2.50. The maximum atomic E-state index is 12.8. The van der Waals surface area contributed by atoms with E-state index in [4.69, 9.17) is 4.74 Å². The number of likely N-dealkylation sites (tertiary alicyclic amines) is 2. The zero-order valence-electron chi connectivity index (χ0n) is 22.0. The Bertz CT molecular complexity index is 879. The van der Waals surface area contributed by atoms with Crippen LogP contribution in [0.2, 0.25) is 13.1 Å². The van der Waals surface area contributed by atoms with E-state index in [9.17, 15) is 9.90 Å². The van der Waals surface area contributed by atoms with Gasteiger partial charge in [0.05, 0.1) is 12.1 Å². The van der Waals surface area contributed by atoms with E-state index in [0.717, 1.165) is 25.8 Å². The topological polar surface area (TPSA) is 53.0 Å². The summed E-state index contributed by atoms with van der Waals surface area (Å²) in [5.41, 5.74) is 1.79. The van der Waals surface area contributed by atoms with Gasteiger partial charge in [0.2, 0.25) is 0 Å². The summed E-state index contributed by atoms with van der Waals surface area (Å²) in [6.07, 6.45) is 6.44. The maximum absolute atomic E-state index is 12.8. The Morgan fingerprint density at radius 1 is 1.18 bits per heavy atom. The van der Waals surface area contributed by atoms with Crippen LogP contribution in [-0.4, -0.2) is 65.6 Å². The number of allylic oxidation sites excluding steroid dienone is 1. The Kier molecular flexibility index (Phi) is 8.69. The summed E-state index contributed by atoms with van der Waals surface area (Å²) in [4.78, 5) is 17.1. The minimum atomic E-state index is -0.517. The summed E-state index contributed by atoms with van der Waals surface area (Å²) in [6, 6.07) is 10.8. The standard InChI is InChI=1S/C26H37BN2O3.C2H6/c1-25(2,3)32-24(31)29-15-12-22(30)26(19-29)13-16-28(18-26)23(20-9-6-5-7-10-20)21-11-8-14-27(4)17-21;1-2/h5-11,17,22-23,30H,12-16,18-19H2,1-4H3;1-2H3. The van der Waals surface area contributed by atoms with Crippen LogP contribution in [-0.2, 0) is 4.74 Å². The van der Waals surface area contributed by atoms with Crippen molar-refractivity contribution in [2.45, 2.75) is 78.4 Å². The molecule has 6 heteroatoms. The molecule has 34 heavy (non-hydrogen) atoms. The van der Waals surface area contributed by atoms with Crippen LogP contribution in [0.1, 0.15) is 59.1 Å². The number of rotatable bonds is 3. The lowest BCUT2D eigenvalue weighted by molar-refractivity contribution is -0.0499. The molecule has 5 nitrogen and oxygen atoms in total. The van der Waals surface area contributed by atoms with Crippen LogP contribution in [0.3, 0.4) is 0 Å². The minimum absolute atomic E-state index is 0.165. The minimum Gasteiger partial charge on any atom is -0.444 e. The van der Waals surface area contributed by atoms with Crippen molar-refractivity contribution in [3.05, 3.63) is 59.6 Å². The van der Waals surface area contributed by atoms with Crippen LogP contribution in [0.4, 0.5) is 4.79 Å². The summed E-state index contributed by atoms with van der Waals surface area (Å²) in [5, 5.41) is 11.1. The lowest BCUT2D eigenvalue weighted by Gasteiger charge is -2.44. The van der Waals surface area contributed by atoms with E-state index in [1.54, 1.807) is 4.90 Å². The van der Waals surface area contributed by atoms with Gasteiger partial charge in [0.15, 0.2) is 6.71 Å². The molecular weight excluding hydrogens is 423 g/mol. The first-order chi connectivity index (χ1) is 16.2. The number of carbonyl (C=O) groups is 1. The highest BCUT2D eigenvalue weighted by molar-refractivity contribution is 6.63. The summed E-state index contributed by atoms with van der Waals surface area (Å²) in [7, 11) is 0. The molecule has 0 aromatic heterocycles. The Balaban J connectivity index is 0.00000158. The van der Waals surface area contributed by atoms with Crippen molar-refractivity contribution in [2.75, 3.05) is 26.2 Å². The predicted octanol–water partition coefficient (Wildman–Crippen LogP) is 5.61. The Hall–Kier alpha value is -2.05. The van der Waals surface area contributed by atoms with Gasteiger partial charge in [-0.2, -0.15) is 0 Å². The number of piperidine rings is 1. The molecule has 1 amide bonds. The number of amides is 1. The maximum Gasteiger partial charge on any atom is 0.410 e. The molecule has 1 aromatic rings. The molecule has 3 aliphatic heterocycles. The first-order valence-corrected chi connectivity index (χ1v) is 13.0. The van der Waals surface area contributed by atoms with Crippen LogP contribution < -0.4 is 0 Å². The third-order valence-electron chi connectivity index (χ3n) is 7.04. The van der Waals surface area contributed by atoms with Crippen molar-refractivity contribution in [2.24, 2.45) is 5.41 Å². The number of aliphatic hydroxyl groups excluding tert-OH is 1. The molecule has 2 saturated heterocycles. The molecule has 3 aliphatic rings. The van der Waals surface area contributed by atoms with E-state index in [1.807, 2.05) is 34.6 Å². The van der Waals surface area contributed by atoms with Crippen LogP contribution >= 0.6 is 0 Å². The van der Waals surface area contributed by atoms with Crippen LogP contribution in [0, 0.1) is 5.41 Å². The fourth-order valence-corrected chi connectivity index (χ4v) is 5.48. The van der Waals surface area contributed by atoms with Gasteiger partial charge in [0.1, 0.15) is 5.60 Å². The van der Waals surface area contributed by atoms with Crippen molar-refractivity contribution >= 4 is 12.8 Å². The van der Waals surface area contributed by atoms with E-state index in [2.05, 4.69) is 60.2 Å². The quantitative estimate of drug-likeness (QED) is 0.589. The first-order valence-electron chi connectivity index (χ1n) is 13.0. The smallest absolute Gasteiger partial charge is 0.410 e. The van der Waals surface area contributed by atoms with Gasteiger partial charge in [-0.05, 0) is 51.3 Å². The second kappa shape index (κ2) is 11.1. The lowest BCUT2D eigenvalue weighted by Crippen LogP contribution is -2.55. The number of hydrogen-bond donors (Lipinski definition) is 1. The molecule has 0 saturated carbocycles. The van der Waals surface area contributed by atoms with Gasteiger partial charge in [-0.25, -0.2) is 4.79 Å². The number of ether oxygens (including phenoxy) is 1. The SMILES string of the molecule is CB1C=C(C(c2ccccc2)N2CCC3(CN(C(=O)OC(C)(C)C)CCC3O)C2)C=CC1.CC. The van der Waals surface area contributed by atoms with E-state index in [0.29, 0.717) is 26.2 Å². The lowest BCUT2D eigenvalue weighted by atomic mass is 9.47. The number of carbonyl (C=O) groups excluding carboxylic acids is 1. The molecule has 2 fully saturated rings. The molecule has 3 atom stereocenters. The van der Waals surface area contributed by atoms with Crippen molar-refractivity contribution in [3.63, 3.8) is 0 Å². The number of hydrogen-bond acceptors (Lipinski definition) is 4. The van der Waals surface area contributed by atoms with Crippen molar-refractivity contribution in [1.82, 2.24) is 9.80 Å². The molecule has 3 heterocycles. The monoisotopic (exact) mass is 466 g/mol. The molecule has 1 spiro atoms. The normalized spacial score (nSPS) is 26.1. The highest BCUT2D eigenvalue weighted by Crippen LogP contribution is 2.44. The molecule has 3 unspecified atom stereocenters. The number of benzene rings is 1. The zero-order valence-corrected chi connectivity index (χ0v) is 22.0. The molecular formula is C28H43BN2O3. The summed E-state index contributed by atoms with van der Waals surface area (Å²) in [6.45, 7) is 15.2. The molecule has 1 aromatic carbocycles. The van der Waals surface area contributed by atoms with Gasteiger partial charge in [-0.15, -0.1) is 5.98 Å². The number of nitrogens with zero attached hydrogens (tertiary/aromatic N) is 2. The van der Waals surface area contributed by atoms with Crippen LogP contribution in [0.5, 0.6) is 0 Å². The third kappa shape index (κ3) is 6.14. The van der Waals surface area contributed by atoms with E-state index in [-0.39, 0.29) is 17.6 Å². The summed E-state index contributed by atoms with van der Waals surface area (Å²) >= 11 is 0. The fraction of sp³-hybridized carbons (Fsp3) is 0.607. The average molecular weight is 466 g/mol. The summed E-state index contributed by atoms with van der Waals surface area (Å²) in [5.74, 6) is 2.40. The van der Waals surface area contributed by atoms with Crippen molar-refractivity contribution < 1.29 is 14.6 Å². The predicted molar refractivity (Wildman–Crippen MR) is 141 cm³/mol.